The molecule has 0 bridgehead atoms. The maximum absolute atomic E-state index is 10.9. The first-order valence-electron chi connectivity index (χ1n) is 1.59. The molecule has 0 spiro atoms. The Balaban J connectivity index is 0. The SMILES string of the molecule is Cl.NC[CH]C(F)F. The third kappa shape index (κ3) is 10.7. The largest absolute Gasteiger partial charge is 0.330 e. The van der Waals surface area contributed by atoms with E-state index in [1.54, 1.807) is 0 Å². The van der Waals surface area contributed by atoms with Gasteiger partial charge >= 0.3 is 0 Å². The lowest BCUT2D eigenvalue weighted by atomic mass is 10.5. The van der Waals surface area contributed by atoms with Crippen molar-refractivity contribution in [3.05, 3.63) is 6.42 Å². The van der Waals surface area contributed by atoms with Gasteiger partial charge in [-0.1, -0.05) is 0 Å². The van der Waals surface area contributed by atoms with Crippen LogP contribution in [0.2, 0.25) is 0 Å². The molecule has 4 heteroatoms. The van der Waals surface area contributed by atoms with Crippen LogP contribution < -0.4 is 5.73 Å². The van der Waals surface area contributed by atoms with Crippen LogP contribution in [0.15, 0.2) is 0 Å². The number of hydrogen-bond donors (Lipinski definition) is 1. The second-order valence-corrected chi connectivity index (χ2v) is 0.806. The molecule has 7 heavy (non-hydrogen) atoms. The van der Waals surface area contributed by atoms with E-state index in [9.17, 15) is 8.78 Å². The summed E-state index contributed by atoms with van der Waals surface area (Å²) in [5, 5.41) is 0. The van der Waals surface area contributed by atoms with Gasteiger partial charge in [-0.15, -0.1) is 12.4 Å². The highest BCUT2D eigenvalue weighted by Crippen LogP contribution is 1.92. The van der Waals surface area contributed by atoms with E-state index < -0.39 is 6.43 Å². The number of rotatable bonds is 2. The van der Waals surface area contributed by atoms with Gasteiger partial charge in [0, 0.05) is 13.0 Å². The summed E-state index contributed by atoms with van der Waals surface area (Å²) in [6.07, 6.45) is -1.62. The Morgan fingerprint density at radius 1 is 1.57 bits per heavy atom. The molecule has 0 amide bonds. The topological polar surface area (TPSA) is 26.0 Å². The fourth-order valence-corrected chi connectivity index (χ4v) is 0.103. The fourth-order valence-electron chi connectivity index (χ4n) is 0.103. The van der Waals surface area contributed by atoms with Crippen LogP contribution in [-0.4, -0.2) is 13.0 Å². The van der Waals surface area contributed by atoms with Gasteiger partial charge in [0.2, 0.25) is 6.43 Å². The van der Waals surface area contributed by atoms with Crippen molar-refractivity contribution in [1.29, 1.82) is 0 Å². The molecule has 0 aliphatic rings. The van der Waals surface area contributed by atoms with E-state index in [4.69, 9.17) is 5.73 Å². The first kappa shape index (κ1) is 10.2. The second kappa shape index (κ2) is 6.11. The first-order chi connectivity index (χ1) is 2.77. The van der Waals surface area contributed by atoms with Gasteiger partial charge in [0.05, 0.1) is 0 Å². The molecule has 0 atom stereocenters. The van der Waals surface area contributed by atoms with Gasteiger partial charge in [-0.05, 0) is 0 Å². The molecule has 1 nitrogen and oxygen atoms in total. The Labute approximate surface area is 47.3 Å². The highest BCUT2D eigenvalue weighted by molar-refractivity contribution is 5.85. The lowest BCUT2D eigenvalue weighted by molar-refractivity contribution is 0.184. The minimum atomic E-state index is -2.35. The van der Waals surface area contributed by atoms with Crippen molar-refractivity contribution in [2.75, 3.05) is 6.54 Å². The van der Waals surface area contributed by atoms with Gasteiger partial charge in [0.15, 0.2) is 0 Å². The van der Waals surface area contributed by atoms with E-state index in [0.29, 0.717) is 0 Å². The smallest absolute Gasteiger partial charge is 0.243 e. The molecule has 0 aromatic heterocycles. The summed E-state index contributed by atoms with van der Waals surface area (Å²) in [5.41, 5.74) is 4.69. The zero-order valence-electron chi connectivity index (χ0n) is 3.60. The van der Waals surface area contributed by atoms with Crippen molar-refractivity contribution in [1.82, 2.24) is 0 Å². The zero-order valence-corrected chi connectivity index (χ0v) is 4.42. The Hall–Kier alpha value is 0.110. The molecule has 0 aromatic rings. The molecule has 1 radical (unpaired) electrons. The summed E-state index contributed by atoms with van der Waals surface area (Å²) in [6, 6.07) is 0. The van der Waals surface area contributed by atoms with Crippen LogP contribution in [-0.2, 0) is 0 Å². The van der Waals surface area contributed by atoms with Crippen molar-refractivity contribution in [2.24, 2.45) is 5.73 Å². The summed E-state index contributed by atoms with van der Waals surface area (Å²) in [6.45, 7) is -0.0440. The number of halogens is 3. The van der Waals surface area contributed by atoms with Crippen molar-refractivity contribution in [3.8, 4) is 0 Å². The molecule has 0 unspecified atom stereocenters. The standard InChI is InChI=1S/C3H6F2N.ClH/c4-3(5)1-2-6;/h1,3H,2,6H2;1H. The molecule has 0 aromatic carbocycles. The lowest BCUT2D eigenvalue weighted by Crippen LogP contribution is -2.04. The monoisotopic (exact) mass is 130 g/mol. The van der Waals surface area contributed by atoms with E-state index in [2.05, 4.69) is 0 Å². The molecule has 0 aliphatic heterocycles. The van der Waals surface area contributed by atoms with Gasteiger partial charge in [0.25, 0.3) is 0 Å². The van der Waals surface area contributed by atoms with Crippen LogP contribution >= 0.6 is 12.4 Å². The van der Waals surface area contributed by atoms with E-state index in [1.807, 2.05) is 0 Å². The summed E-state index contributed by atoms with van der Waals surface area (Å²) in [7, 11) is 0. The van der Waals surface area contributed by atoms with Crippen molar-refractivity contribution < 1.29 is 8.78 Å². The summed E-state index contributed by atoms with van der Waals surface area (Å²) >= 11 is 0. The molecule has 2 N–H and O–H groups in total. The third-order valence-corrected chi connectivity index (χ3v) is 0.314. The lowest BCUT2D eigenvalue weighted by Gasteiger charge is -1.87. The van der Waals surface area contributed by atoms with E-state index in [1.165, 1.54) is 0 Å². The molecule has 0 heterocycles. The van der Waals surface area contributed by atoms with E-state index in [0.717, 1.165) is 6.42 Å². The quantitative estimate of drug-likeness (QED) is 0.589. The first-order valence-corrected chi connectivity index (χ1v) is 1.59. The number of hydrogen-bond acceptors (Lipinski definition) is 1. The van der Waals surface area contributed by atoms with Gasteiger partial charge in [-0.2, -0.15) is 0 Å². The molecule has 45 valence electrons. The predicted molar refractivity (Wildman–Crippen MR) is 26.6 cm³/mol. The van der Waals surface area contributed by atoms with Gasteiger partial charge in [-0.3, -0.25) is 0 Å². The minimum absolute atomic E-state index is 0. The maximum atomic E-state index is 10.9. The molecular weight excluding hydrogens is 123 g/mol. The Morgan fingerprint density at radius 2 is 2.00 bits per heavy atom. The van der Waals surface area contributed by atoms with Gasteiger partial charge < -0.3 is 5.73 Å². The fraction of sp³-hybridized carbons (Fsp3) is 0.667. The highest BCUT2D eigenvalue weighted by atomic mass is 35.5. The second-order valence-electron chi connectivity index (χ2n) is 0.806. The number of nitrogens with two attached hydrogens (primary N) is 1. The summed E-state index contributed by atoms with van der Waals surface area (Å²) in [4.78, 5) is 0. The molecular formula is C3H7ClF2N. The van der Waals surface area contributed by atoms with Crippen molar-refractivity contribution >= 4 is 12.4 Å². The predicted octanol–water partition coefficient (Wildman–Crippen LogP) is 0.836. The Kier molecular flexibility index (Phi) is 8.87. The molecule has 0 aliphatic carbocycles. The van der Waals surface area contributed by atoms with E-state index in [-0.39, 0.29) is 19.0 Å². The highest BCUT2D eigenvalue weighted by Gasteiger charge is 1.96. The van der Waals surface area contributed by atoms with Crippen LogP contribution in [0.5, 0.6) is 0 Å². The summed E-state index contributed by atoms with van der Waals surface area (Å²) < 4.78 is 21.8. The summed E-state index contributed by atoms with van der Waals surface area (Å²) in [5.74, 6) is 0. The third-order valence-electron chi connectivity index (χ3n) is 0.314. The normalized spacial score (nSPS) is 8.57. The van der Waals surface area contributed by atoms with Crippen LogP contribution in [0, 0.1) is 6.42 Å². The molecule has 0 saturated heterocycles. The minimum Gasteiger partial charge on any atom is -0.330 e. The van der Waals surface area contributed by atoms with Crippen molar-refractivity contribution in [3.63, 3.8) is 0 Å². The average Bonchev–Trinajstić information content (AvgIpc) is 1.35. The maximum Gasteiger partial charge on any atom is 0.243 e. The average molecular weight is 131 g/mol. The van der Waals surface area contributed by atoms with Crippen molar-refractivity contribution in [2.45, 2.75) is 6.43 Å². The van der Waals surface area contributed by atoms with Crippen LogP contribution in [0.4, 0.5) is 8.78 Å². The van der Waals surface area contributed by atoms with Gasteiger partial charge in [-0.25, -0.2) is 8.78 Å². The van der Waals surface area contributed by atoms with Crippen LogP contribution in [0.3, 0.4) is 0 Å². The van der Waals surface area contributed by atoms with Crippen LogP contribution in [0.25, 0.3) is 0 Å². The number of alkyl halides is 2. The Morgan fingerprint density at radius 3 is 2.00 bits per heavy atom. The molecule has 0 fully saturated rings. The molecule has 0 saturated carbocycles. The zero-order chi connectivity index (χ0) is 4.99. The van der Waals surface area contributed by atoms with E-state index >= 15 is 0 Å². The molecule has 0 rings (SSSR count). The Bertz CT molecular complexity index is 34.1. The van der Waals surface area contributed by atoms with Gasteiger partial charge in [0.1, 0.15) is 0 Å². The van der Waals surface area contributed by atoms with Crippen LogP contribution in [0.1, 0.15) is 0 Å².